The monoisotopic (exact) mass is 253 g/mol. The largest absolute Gasteiger partial charge is 0.475 e. The number of nitrogens with zero attached hydrogens (tertiary/aromatic N) is 1. The molecule has 1 aliphatic rings. The third-order valence-corrected chi connectivity index (χ3v) is 3.57. The quantitative estimate of drug-likeness (QED) is 0.794. The number of ether oxygens (including phenoxy) is 1. The van der Waals surface area contributed by atoms with Crippen LogP contribution in [-0.2, 0) is 11.2 Å². The molecule has 0 saturated heterocycles. The molecule has 0 fully saturated rings. The fraction of sp³-hybridized carbons (Fsp3) is 0.353. The lowest BCUT2D eigenvalue weighted by atomic mass is 9.97. The summed E-state index contributed by atoms with van der Waals surface area (Å²) in [6.07, 6.45) is 1.02. The number of rotatable bonds is 2. The standard InChI is InChI=1S/C17H19NO/c1-4-12-7-5-8-13-9-6-10-14(15(12)13)16-18-17(2,3)11-19-16/h5-10H,4,11H2,1-3H3. The van der Waals surface area contributed by atoms with Crippen LogP contribution in [0.2, 0.25) is 0 Å². The predicted octanol–water partition coefficient (Wildman–Crippen LogP) is 3.96. The van der Waals surface area contributed by atoms with Crippen LogP contribution in [0.15, 0.2) is 41.4 Å². The van der Waals surface area contributed by atoms with E-state index in [9.17, 15) is 0 Å². The second-order valence-electron chi connectivity index (χ2n) is 5.69. The molecule has 2 aromatic rings. The van der Waals surface area contributed by atoms with Gasteiger partial charge in [0.1, 0.15) is 6.61 Å². The normalized spacial score (nSPS) is 17.3. The molecule has 3 rings (SSSR count). The Morgan fingerprint density at radius 2 is 1.89 bits per heavy atom. The molecule has 0 unspecified atom stereocenters. The molecule has 0 atom stereocenters. The fourth-order valence-corrected chi connectivity index (χ4v) is 2.61. The van der Waals surface area contributed by atoms with E-state index in [0.717, 1.165) is 17.9 Å². The van der Waals surface area contributed by atoms with Crippen molar-refractivity contribution >= 4 is 16.7 Å². The van der Waals surface area contributed by atoms with E-state index < -0.39 is 0 Å². The number of benzene rings is 2. The average molecular weight is 253 g/mol. The maximum Gasteiger partial charge on any atom is 0.217 e. The van der Waals surface area contributed by atoms with Gasteiger partial charge in [0, 0.05) is 5.56 Å². The maximum absolute atomic E-state index is 5.81. The van der Waals surface area contributed by atoms with Gasteiger partial charge < -0.3 is 4.74 Å². The Morgan fingerprint density at radius 3 is 2.53 bits per heavy atom. The molecule has 2 heteroatoms. The summed E-state index contributed by atoms with van der Waals surface area (Å²) in [7, 11) is 0. The summed E-state index contributed by atoms with van der Waals surface area (Å²) in [6, 6.07) is 12.8. The van der Waals surface area contributed by atoms with Crippen molar-refractivity contribution in [3.05, 3.63) is 47.5 Å². The van der Waals surface area contributed by atoms with Gasteiger partial charge in [-0.05, 0) is 42.7 Å². The Hall–Kier alpha value is -1.83. The molecular formula is C17H19NO. The summed E-state index contributed by atoms with van der Waals surface area (Å²) in [5, 5.41) is 2.54. The summed E-state index contributed by atoms with van der Waals surface area (Å²) in [5.74, 6) is 0.788. The molecule has 0 radical (unpaired) electrons. The van der Waals surface area contributed by atoms with Crippen LogP contribution < -0.4 is 0 Å². The summed E-state index contributed by atoms with van der Waals surface area (Å²) in [6.45, 7) is 7.05. The first kappa shape index (κ1) is 12.2. The molecule has 1 heterocycles. The minimum Gasteiger partial charge on any atom is -0.475 e. The molecule has 2 nitrogen and oxygen atoms in total. The Balaban J connectivity index is 2.25. The third kappa shape index (κ3) is 2.12. The van der Waals surface area contributed by atoms with E-state index >= 15 is 0 Å². The Bertz CT molecular complexity index is 650. The smallest absolute Gasteiger partial charge is 0.217 e. The second-order valence-corrected chi connectivity index (χ2v) is 5.69. The molecule has 19 heavy (non-hydrogen) atoms. The van der Waals surface area contributed by atoms with Crippen molar-refractivity contribution in [2.24, 2.45) is 4.99 Å². The molecule has 2 aromatic carbocycles. The predicted molar refractivity (Wildman–Crippen MR) is 79.9 cm³/mol. The van der Waals surface area contributed by atoms with Crippen molar-refractivity contribution in [2.75, 3.05) is 6.61 Å². The van der Waals surface area contributed by atoms with Gasteiger partial charge in [-0.3, -0.25) is 0 Å². The van der Waals surface area contributed by atoms with Gasteiger partial charge in [0.25, 0.3) is 0 Å². The Morgan fingerprint density at radius 1 is 1.16 bits per heavy atom. The van der Waals surface area contributed by atoms with Gasteiger partial charge in [-0.15, -0.1) is 0 Å². The number of hydrogen-bond donors (Lipinski definition) is 0. The van der Waals surface area contributed by atoms with Crippen molar-refractivity contribution in [2.45, 2.75) is 32.7 Å². The first-order valence-electron chi connectivity index (χ1n) is 6.84. The zero-order chi connectivity index (χ0) is 13.5. The molecule has 98 valence electrons. The van der Waals surface area contributed by atoms with Gasteiger partial charge in [-0.25, -0.2) is 4.99 Å². The Kier molecular flexibility index (Phi) is 2.81. The van der Waals surface area contributed by atoms with Gasteiger partial charge in [0.15, 0.2) is 0 Å². The minimum atomic E-state index is -0.112. The van der Waals surface area contributed by atoms with Crippen molar-refractivity contribution < 1.29 is 4.74 Å². The van der Waals surface area contributed by atoms with Crippen LogP contribution in [0.1, 0.15) is 31.9 Å². The maximum atomic E-state index is 5.81. The molecule has 0 N–H and O–H groups in total. The zero-order valence-electron chi connectivity index (χ0n) is 11.7. The van der Waals surface area contributed by atoms with Crippen LogP contribution in [0.3, 0.4) is 0 Å². The zero-order valence-corrected chi connectivity index (χ0v) is 11.7. The summed E-state index contributed by atoms with van der Waals surface area (Å²) < 4.78 is 5.81. The topological polar surface area (TPSA) is 21.6 Å². The van der Waals surface area contributed by atoms with Gasteiger partial charge in [0.05, 0.1) is 5.54 Å². The van der Waals surface area contributed by atoms with Gasteiger partial charge in [-0.2, -0.15) is 0 Å². The first-order valence-corrected chi connectivity index (χ1v) is 6.84. The number of hydrogen-bond acceptors (Lipinski definition) is 2. The third-order valence-electron chi connectivity index (χ3n) is 3.57. The molecule has 0 spiro atoms. The van der Waals surface area contributed by atoms with Crippen molar-refractivity contribution in [3.8, 4) is 0 Å². The number of fused-ring (bicyclic) bond motifs is 1. The molecule has 0 aliphatic carbocycles. The van der Waals surface area contributed by atoms with E-state index in [4.69, 9.17) is 9.73 Å². The van der Waals surface area contributed by atoms with Crippen LogP contribution in [0.25, 0.3) is 10.8 Å². The molecule has 0 amide bonds. The van der Waals surface area contributed by atoms with E-state index in [1.165, 1.54) is 16.3 Å². The van der Waals surface area contributed by atoms with E-state index in [-0.39, 0.29) is 5.54 Å². The summed E-state index contributed by atoms with van der Waals surface area (Å²) in [4.78, 5) is 4.71. The average Bonchev–Trinajstić information content (AvgIpc) is 2.77. The highest BCUT2D eigenvalue weighted by molar-refractivity contribution is 6.08. The molecule has 1 aliphatic heterocycles. The highest BCUT2D eigenvalue weighted by Crippen LogP contribution is 2.28. The van der Waals surface area contributed by atoms with Gasteiger partial charge in [-0.1, -0.05) is 37.3 Å². The van der Waals surface area contributed by atoms with Crippen molar-refractivity contribution in [3.63, 3.8) is 0 Å². The lowest BCUT2D eigenvalue weighted by Crippen LogP contribution is -2.17. The van der Waals surface area contributed by atoms with Crippen LogP contribution in [0.5, 0.6) is 0 Å². The lowest BCUT2D eigenvalue weighted by Gasteiger charge is -2.10. The van der Waals surface area contributed by atoms with Gasteiger partial charge >= 0.3 is 0 Å². The van der Waals surface area contributed by atoms with Crippen LogP contribution in [0.4, 0.5) is 0 Å². The highest BCUT2D eigenvalue weighted by Gasteiger charge is 2.28. The molecular weight excluding hydrogens is 234 g/mol. The van der Waals surface area contributed by atoms with E-state index in [0.29, 0.717) is 6.61 Å². The minimum absolute atomic E-state index is 0.112. The molecule has 0 aromatic heterocycles. The van der Waals surface area contributed by atoms with Crippen LogP contribution >= 0.6 is 0 Å². The van der Waals surface area contributed by atoms with Crippen molar-refractivity contribution in [1.29, 1.82) is 0 Å². The van der Waals surface area contributed by atoms with Crippen molar-refractivity contribution in [1.82, 2.24) is 0 Å². The highest BCUT2D eigenvalue weighted by atomic mass is 16.5. The Labute approximate surface area is 114 Å². The van der Waals surface area contributed by atoms with E-state index in [1.54, 1.807) is 0 Å². The fourth-order valence-electron chi connectivity index (χ4n) is 2.61. The lowest BCUT2D eigenvalue weighted by molar-refractivity contribution is 0.279. The number of aryl methyl sites for hydroxylation is 1. The van der Waals surface area contributed by atoms with Gasteiger partial charge in [0.2, 0.25) is 5.90 Å². The summed E-state index contributed by atoms with van der Waals surface area (Å²) in [5.41, 5.74) is 2.36. The first-order chi connectivity index (χ1) is 9.11. The number of aliphatic imine (C=N–C) groups is 1. The van der Waals surface area contributed by atoms with Crippen LogP contribution in [0, 0.1) is 0 Å². The van der Waals surface area contributed by atoms with Crippen LogP contribution in [-0.4, -0.2) is 18.0 Å². The van der Waals surface area contributed by atoms with E-state index in [2.05, 4.69) is 57.2 Å². The summed E-state index contributed by atoms with van der Waals surface area (Å²) >= 11 is 0. The second kappa shape index (κ2) is 4.37. The van der Waals surface area contributed by atoms with E-state index in [1.807, 2.05) is 0 Å². The SMILES string of the molecule is CCc1cccc2cccc(C3=NC(C)(C)CO3)c12. The molecule has 0 saturated carbocycles. The molecule has 0 bridgehead atoms.